The van der Waals surface area contributed by atoms with Gasteiger partial charge in [0.15, 0.2) is 0 Å². The zero-order valence-electron chi connectivity index (χ0n) is 11.7. The fraction of sp³-hybridized carbons (Fsp3) is 0.571. The fourth-order valence-corrected chi connectivity index (χ4v) is 2.44. The monoisotopic (exact) mass is 303 g/mol. The summed E-state index contributed by atoms with van der Waals surface area (Å²) in [6, 6.07) is 5.72. The Labute approximate surface area is 122 Å². The molecule has 1 aromatic rings. The van der Waals surface area contributed by atoms with E-state index in [9.17, 15) is 13.2 Å². The maximum absolute atomic E-state index is 12.3. The summed E-state index contributed by atoms with van der Waals surface area (Å²) in [6.45, 7) is 2.15. The minimum Gasteiger partial charge on any atom is -0.406 e. The van der Waals surface area contributed by atoms with Crippen LogP contribution in [0.15, 0.2) is 24.3 Å². The molecule has 0 aromatic heterocycles. The van der Waals surface area contributed by atoms with Crippen molar-refractivity contribution >= 4 is 0 Å². The number of nitrogens with two attached hydrogens (primary N) is 1. The third-order valence-corrected chi connectivity index (χ3v) is 3.42. The van der Waals surface area contributed by atoms with Gasteiger partial charge in [-0.3, -0.25) is 0 Å². The highest BCUT2D eigenvalue weighted by atomic mass is 19.4. The van der Waals surface area contributed by atoms with Crippen LogP contribution in [0, 0.1) is 0 Å². The van der Waals surface area contributed by atoms with Crippen molar-refractivity contribution in [2.24, 2.45) is 5.73 Å². The molecular formula is C14H20F3N3O. The van der Waals surface area contributed by atoms with E-state index in [1.165, 1.54) is 24.6 Å². The molecule has 0 bridgehead atoms. The minimum absolute atomic E-state index is 0.222. The average molecular weight is 303 g/mol. The smallest absolute Gasteiger partial charge is 0.406 e. The van der Waals surface area contributed by atoms with Crippen LogP contribution in [0.1, 0.15) is 30.9 Å². The topological polar surface area (TPSA) is 50.5 Å². The number of piperidine rings is 1. The third-order valence-electron chi connectivity index (χ3n) is 3.42. The van der Waals surface area contributed by atoms with Crippen LogP contribution in [-0.2, 0) is 0 Å². The summed E-state index contributed by atoms with van der Waals surface area (Å²) in [7, 11) is 0. The molecule has 0 aliphatic carbocycles. The number of nitrogens with zero attached hydrogens (tertiary/aromatic N) is 1. The molecule has 3 N–H and O–H groups in total. The second-order valence-electron chi connectivity index (χ2n) is 5.09. The van der Waals surface area contributed by atoms with Gasteiger partial charge in [-0.15, -0.1) is 13.2 Å². The summed E-state index contributed by atoms with van der Waals surface area (Å²) in [5.41, 5.74) is 9.72. The van der Waals surface area contributed by atoms with Gasteiger partial charge < -0.3 is 10.5 Å². The molecule has 4 nitrogen and oxygen atoms in total. The van der Waals surface area contributed by atoms with Gasteiger partial charge in [0.25, 0.3) is 0 Å². The van der Waals surface area contributed by atoms with Crippen molar-refractivity contribution in [1.29, 1.82) is 0 Å². The Morgan fingerprint density at radius 1 is 1.24 bits per heavy atom. The Bertz CT molecular complexity index is 447. The second kappa shape index (κ2) is 7.11. The molecule has 118 valence electrons. The summed E-state index contributed by atoms with van der Waals surface area (Å²) in [5.74, 6) is -0.223. The van der Waals surface area contributed by atoms with E-state index in [1.807, 2.05) is 0 Å². The van der Waals surface area contributed by atoms with Crippen LogP contribution in [0.25, 0.3) is 0 Å². The van der Waals surface area contributed by atoms with Crippen molar-refractivity contribution in [2.75, 3.05) is 19.6 Å². The van der Waals surface area contributed by atoms with E-state index in [4.69, 9.17) is 5.73 Å². The molecule has 2 rings (SSSR count). The highest BCUT2D eigenvalue weighted by Gasteiger charge is 2.31. The minimum atomic E-state index is -4.68. The quantitative estimate of drug-likeness (QED) is 0.878. The number of benzene rings is 1. The van der Waals surface area contributed by atoms with Gasteiger partial charge in [-0.25, -0.2) is 10.4 Å². The van der Waals surface area contributed by atoms with Gasteiger partial charge in [-0.1, -0.05) is 18.6 Å². The van der Waals surface area contributed by atoms with Crippen molar-refractivity contribution in [3.8, 4) is 5.75 Å². The average Bonchev–Trinajstić information content (AvgIpc) is 2.44. The number of hydrazine groups is 1. The Kier molecular flexibility index (Phi) is 5.44. The maximum atomic E-state index is 12.3. The van der Waals surface area contributed by atoms with Crippen LogP contribution in [0.2, 0.25) is 0 Å². The van der Waals surface area contributed by atoms with Crippen LogP contribution in [0.3, 0.4) is 0 Å². The van der Waals surface area contributed by atoms with Gasteiger partial charge in [0.1, 0.15) is 5.75 Å². The molecule has 0 amide bonds. The molecule has 0 spiro atoms. The number of hydrogen-bond donors (Lipinski definition) is 2. The van der Waals surface area contributed by atoms with E-state index < -0.39 is 6.36 Å². The molecule has 1 heterocycles. The first kappa shape index (κ1) is 16.1. The summed E-state index contributed by atoms with van der Waals surface area (Å²) in [6.07, 6.45) is -1.25. The molecule has 1 unspecified atom stereocenters. The Morgan fingerprint density at radius 3 is 2.57 bits per heavy atom. The molecular weight excluding hydrogens is 283 g/mol. The normalized spacial score (nSPS) is 18.5. The number of alkyl halides is 3. The van der Waals surface area contributed by atoms with Gasteiger partial charge in [-0.2, -0.15) is 0 Å². The predicted octanol–water partition coefficient (Wildman–Crippen LogP) is 2.58. The van der Waals surface area contributed by atoms with Gasteiger partial charge in [0.05, 0.1) is 6.04 Å². The summed E-state index contributed by atoms with van der Waals surface area (Å²) < 4.78 is 40.7. The van der Waals surface area contributed by atoms with Gasteiger partial charge >= 0.3 is 6.36 Å². The zero-order valence-corrected chi connectivity index (χ0v) is 11.7. The lowest BCUT2D eigenvalue weighted by Crippen LogP contribution is -2.45. The van der Waals surface area contributed by atoms with Crippen LogP contribution >= 0.6 is 0 Å². The van der Waals surface area contributed by atoms with E-state index in [0.29, 0.717) is 12.1 Å². The van der Waals surface area contributed by atoms with Crippen LogP contribution in [0.5, 0.6) is 5.75 Å². The maximum Gasteiger partial charge on any atom is 0.573 e. The Morgan fingerprint density at radius 2 is 1.95 bits per heavy atom. The molecule has 1 aromatic carbocycles. The number of ether oxygens (including phenoxy) is 1. The number of nitrogens with one attached hydrogen (secondary N) is 1. The van der Waals surface area contributed by atoms with Crippen molar-refractivity contribution in [3.05, 3.63) is 29.8 Å². The van der Waals surface area contributed by atoms with Crippen molar-refractivity contribution in [1.82, 2.24) is 10.4 Å². The Hall–Kier alpha value is -1.31. The summed E-state index contributed by atoms with van der Waals surface area (Å²) >= 11 is 0. The standard InChI is InChI=1S/C14H20F3N3O/c15-14(16,17)21-12-6-4-5-11(9-12)13(10-18)19-20-7-2-1-3-8-20/h4-6,9,13,19H,1-3,7-8,10,18H2. The van der Waals surface area contributed by atoms with Crippen LogP contribution in [-0.4, -0.2) is 31.0 Å². The number of rotatable bonds is 5. The lowest BCUT2D eigenvalue weighted by atomic mass is 10.1. The van der Waals surface area contributed by atoms with Gasteiger partial charge in [0.2, 0.25) is 0 Å². The van der Waals surface area contributed by atoms with Crippen molar-refractivity contribution in [2.45, 2.75) is 31.7 Å². The predicted molar refractivity (Wildman–Crippen MR) is 73.5 cm³/mol. The fourth-order valence-electron chi connectivity index (χ4n) is 2.44. The molecule has 1 saturated heterocycles. The lowest BCUT2D eigenvalue weighted by molar-refractivity contribution is -0.274. The SMILES string of the molecule is NCC(NN1CCCCC1)c1cccc(OC(F)(F)F)c1. The van der Waals surface area contributed by atoms with E-state index in [-0.39, 0.29) is 11.8 Å². The first-order chi connectivity index (χ1) is 9.98. The van der Waals surface area contributed by atoms with Gasteiger partial charge in [0, 0.05) is 19.6 Å². The van der Waals surface area contributed by atoms with E-state index in [1.54, 1.807) is 6.07 Å². The molecule has 21 heavy (non-hydrogen) atoms. The van der Waals surface area contributed by atoms with E-state index in [0.717, 1.165) is 25.9 Å². The zero-order chi connectivity index (χ0) is 15.3. The molecule has 7 heteroatoms. The second-order valence-corrected chi connectivity index (χ2v) is 5.09. The van der Waals surface area contributed by atoms with Crippen molar-refractivity contribution in [3.63, 3.8) is 0 Å². The molecule has 1 aliphatic heterocycles. The third kappa shape index (κ3) is 5.18. The number of hydrogen-bond acceptors (Lipinski definition) is 4. The molecule has 1 atom stereocenters. The lowest BCUT2D eigenvalue weighted by Gasteiger charge is -2.31. The summed E-state index contributed by atoms with van der Waals surface area (Å²) in [5, 5.41) is 2.08. The molecule has 1 aliphatic rings. The highest BCUT2D eigenvalue weighted by molar-refractivity contribution is 5.30. The van der Waals surface area contributed by atoms with Crippen LogP contribution < -0.4 is 15.9 Å². The van der Waals surface area contributed by atoms with Gasteiger partial charge in [-0.05, 0) is 30.5 Å². The first-order valence-corrected chi connectivity index (χ1v) is 7.05. The summed E-state index contributed by atoms with van der Waals surface area (Å²) in [4.78, 5) is 0. The first-order valence-electron chi connectivity index (χ1n) is 7.05. The van der Waals surface area contributed by atoms with E-state index >= 15 is 0 Å². The molecule has 0 radical (unpaired) electrons. The van der Waals surface area contributed by atoms with Crippen molar-refractivity contribution < 1.29 is 17.9 Å². The largest absolute Gasteiger partial charge is 0.573 e. The Balaban J connectivity index is 2.04. The number of halogens is 3. The highest BCUT2D eigenvalue weighted by Crippen LogP contribution is 2.25. The van der Waals surface area contributed by atoms with E-state index in [2.05, 4.69) is 15.2 Å². The molecule has 0 saturated carbocycles. The molecule has 1 fully saturated rings. The van der Waals surface area contributed by atoms with Crippen LogP contribution in [0.4, 0.5) is 13.2 Å².